The van der Waals surface area contributed by atoms with E-state index in [9.17, 15) is 18.0 Å². The number of aliphatic hydroxyl groups is 1. The Morgan fingerprint density at radius 1 is 1.38 bits per heavy atom. The van der Waals surface area contributed by atoms with Gasteiger partial charge in [-0.05, 0) is 18.1 Å². The first-order valence-electron chi connectivity index (χ1n) is 6.27. The molecule has 0 saturated carbocycles. The van der Waals surface area contributed by atoms with Gasteiger partial charge in [0.1, 0.15) is 5.75 Å². The maximum absolute atomic E-state index is 12.2. The van der Waals surface area contributed by atoms with Crippen molar-refractivity contribution in [2.45, 2.75) is 12.8 Å². The molecule has 0 radical (unpaired) electrons. The number of nitrogens with zero attached hydrogens (tertiary/aromatic N) is 1. The van der Waals surface area contributed by atoms with E-state index < -0.39 is 12.4 Å². The van der Waals surface area contributed by atoms with Crippen LogP contribution in [-0.4, -0.2) is 49.1 Å². The second-order valence-corrected chi connectivity index (χ2v) is 4.28. The van der Waals surface area contributed by atoms with Crippen LogP contribution in [-0.2, 0) is 6.42 Å². The first-order valence-corrected chi connectivity index (χ1v) is 6.27. The van der Waals surface area contributed by atoms with Crippen molar-refractivity contribution < 1.29 is 27.8 Å². The van der Waals surface area contributed by atoms with Crippen LogP contribution >= 0.6 is 0 Å². The van der Waals surface area contributed by atoms with Gasteiger partial charge in [-0.3, -0.25) is 0 Å². The number of amides is 2. The zero-order chi connectivity index (χ0) is 15.9. The van der Waals surface area contributed by atoms with Gasteiger partial charge in [-0.1, -0.05) is 18.2 Å². The summed E-state index contributed by atoms with van der Waals surface area (Å²) in [5, 5.41) is 11.2. The molecule has 2 N–H and O–H groups in total. The maximum Gasteiger partial charge on any atom is 0.573 e. The minimum Gasteiger partial charge on any atom is -0.406 e. The number of rotatable bonds is 6. The molecule has 0 fully saturated rings. The van der Waals surface area contributed by atoms with Crippen molar-refractivity contribution in [3.8, 4) is 5.75 Å². The highest BCUT2D eigenvalue weighted by atomic mass is 19.4. The highest BCUT2D eigenvalue weighted by molar-refractivity contribution is 5.73. The maximum atomic E-state index is 12.2. The van der Waals surface area contributed by atoms with Crippen molar-refractivity contribution >= 4 is 6.03 Å². The first-order chi connectivity index (χ1) is 9.83. The molecule has 0 unspecified atom stereocenters. The molecule has 0 saturated heterocycles. The van der Waals surface area contributed by atoms with Crippen molar-refractivity contribution in [2.24, 2.45) is 0 Å². The molecule has 8 heteroatoms. The van der Waals surface area contributed by atoms with E-state index in [0.29, 0.717) is 5.56 Å². The molecule has 0 aliphatic carbocycles. The van der Waals surface area contributed by atoms with Crippen LogP contribution in [0.2, 0.25) is 0 Å². The molecule has 0 aliphatic rings. The Morgan fingerprint density at radius 3 is 2.67 bits per heavy atom. The molecular weight excluding hydrogens is 289 g/mol. The van der Waals surface area contributed by atoms with E-state index in [1.165, 1.54) is 30.1 Å². The number of hydrogen-bond donors (Lipinski definition) is 2. The summed E-state index contributed by atoms with van der Waals surface area (Å²) >= 11 is 0. The van der Waals surface area contributed by atoms with Crippen LogP contribution in [0.15, 0.2) is 24.3 Å². The van der Waals surface area contributed by atoms with Gasteiger partial charge in [0.2, 0.25) is 0 Å². The Labute approximate surface area is 120 Å². The Kier molecular flexibility index (Phi) is 6.29. The van der Waals surface area contributed by atoms with Gasteiger partial charge in [-0.2, -0.15) is 0 Å². The Hall–Kier alpha value is -1.96. The molecule has 0 spiro atoms. The summed E-state index contributed by atoms with van der Waals surface area (Å²) in [5.41, 5.74) is 0.347. The molecule has 1 rings (SSSR count). The lowest BCUT2D eigenvalue weighted by Crippen LogP contribution is -2.39. The molecular formula is C13H17F3N2O3. The number of carbonyl (C=O) groups excluding carboxylic acids is 1. The second-order valence-electron chi connectivity index (χ2n) is 4.28. The van der Waals surface area contributed by atoms with E-state index in [1.807, 2.05) is 0 Å². The zero-order valence-corrected chi connectivity index (χ0v) is 11.5. The van der Waals surface area contributed by atoms with E-state index in [4.69, 9.17) is 5.11 Å². The smallest absolute Gasteiger partial charge is 0.406 e. The van der Waals surface area contributed by atoms with Gasteiger partial charge in [0.15, 0.2) is 0 Å². The van der Waals surface area contributed by atoms with Crippen LogP contribution in [0.3, 0.4) is 0 Å². The van der Waals surface area contributed by atoms with Crippen molar-refractivity contribution in [2.75, 3.05) is 26.7 Å². The Balaban J connectivity index is 2.54. The van der Waals surface area contributed by atoms with Gasteiger partial charge in [-0.15, -0.1) is 13.2 Å². The van der Waals surface area contributed by atoms with Gasteiger partial charge in [0, 0.05) is 20.1 Å². The highest BCUT2D eigenvalue weighted by Crippen LogP contribution is 2.26. The van der Waals surface area contributed by atoms with Crippen LogP contribution in [0.4, 0.5) is 18.0 Å². The van der Waals surface area contributed by atoms with Crippen molar-refractivity contribution in [1.82, 2.24) is 10.2 Å². The number of hydrogen-bond acceptors (Lipinski definition) is 3. The summed E-state index contributed by atoms with van der Waals surface area (Å²) in [6.07, 6.45) is -4.55. The molecule has 0 aliphatic heterocycles. The van der Waals surface area contributed by atoms with Crippen LogP contribution in [0, 0.1) is 0 Å². The van der Waals surface area contributed by atoms with E-state index in [2.05, 4.69) is 10.1 Å². The van der Waals surface area contributed by atoms with E-state index in [-0.39, 0.29) is 31.9 Å². The fourth-order valence-electron chi connectivity index (χ4n) is 1.63. The van der Waals surface area contributed by atoms with Gasteiger partial charge in [0.05, 0.1) is 6.61 Å². The average Bonchev–Trinajstić information content (AvgIpc) is 2.39. The van der Waals surface area contributed by atoms with Gasteiger partial charge in [-0.25, -0.2) is 4.79 Å². The lowest BCUT2D eigenvalue weighted by molar-refractivity contribution is -0.274. The normalized spacial score (nSPS) is 11.1. The standard InChI is InChI=1S/C13H17F3N2O3/c1-18(8-9-19)12(20)17-7-6-10-4-2-3-5-11(10)21-13(14,15)16/h2-5,19H,6-9H2,1H3,(H,17,20). The largest absolute Gasteiger partial charge is 0.573 e. The molecule has 0 bridgehead atoms. The van der Waals surface area contributed by atoms with Gasteiger partial charge >= 0.3 is 12.4 Å². The third-order valence-corrected chi connectivity index (χ3v) is 2.65. The van der Waals surface area contributed by atoms with Crippen LogP contribution < -0.4 is 10.1 Å². The number of alkyl halides is 3. The monoisotopic (exact) mass is 306 g/mol. The minimum atomic E-state index is -4.75. The number of ether oxygens (including phenoxy) is 1. The molecule has 21 heavy (non-hydrogen) atoms. The quantitative estimate of drug-likeness (QED) is 0.842. The summed E-state index contributed by atoms with van der Waals surface area (Å²) in [4.78, 5) is 12.8. The fraction of sp³-hybridized carbons (Fsp3) is 0.462. The third kappa shape index (κ3) is 6.35. The number of aliphatic hydroxyl groups excluding tert-OH is 1. The minimum absolute atomic E-state index is 0.160. The number of carbonyl (C=O) groups is 1. The summed E-state index contributed by atoms with van der Waals surface area (Å²) in [6, 6.07) is 5.36. The SMILES string of the molecule is CN(CCO)C(=O)NCCc1ccccc1OC(F)(F)F. The molecule has 5 nitrogen and oxygen atoms in total. The van der Waals surface area contributed by atoms with Gasteiger partial charge in [0.25, 0.3) is 0 Å². The molecule has 0 atom stereocenters. The van der Waals surface area contributed by atoms with Crippen LogP contribution in [0.5, 0.6) is 5.75 Å². The zero-order valence-electron chi connectivity index (χ0n) is 11.5. The Bertz CT molecular complexity index is 466. The fourth-order valence-corrected chi connectivity index (χ4v) is 1.63. The van der Waals surface area contributed by atoms with E-state index >= 15 is 0 Å². The van der Waals surface area contributed by atoms with Crippen molar-refractivity contribution in [1.29, 1.82) is 0 Å². The average molecular weight is 306 g/mol. The highest BCUT2D eigenvalue weighted by Gasteiger charge is 2.31. The topological polar surface area (TPSA) is 61.8 Å². The van der Waals surface area contributed by atoms with Crippen LogP contribution in [0.25, 0.3) is 0 Å². The van der Waals surface area contributed by atoms with Gasteiger partial charge < -0.3 is 20.1 Å². The predicted molar refractivity (Wildman–Crippen MR) is 69.9 cm³/mol. The summed E-state index contributed by atoms with van der Waals surface area (Å²) in [7, 11) is 1.51. The van der Waals surface area contributed by atoms with Crippen LogP contribution in [0.1, 0.15) is 5.56 Å². The lowest BCUT2D eigenvalue weighted by Gasteiger charge is -2.17. The number of halogens is 3. The molecule has 2 amide bonds. The number of likely N-dealkylation sites (N-methyl/N-ethyl adjacent to an activating group) is 1. The number of para-hydroxylation sites is 1. The molecule has 0 heterocycles. The lowest BCUT2D eigenvalue weighted by atomic mass is 10.1. The summed E-state index contributed by atoms with van der Waals surface area (Å²) in [5.74, 6) is -0.275. The molecule has 0 aromatic heterocycles. The molecule has 1 aromatic carbocycles. The first kappa shape index (κ1) is 17.1. The summed E-state index contributed by atoms with van der Waals surface area (Å²) < 4.78 is 40.6. The molecule has 118 valence electrons. The Morgan fingerprint density at radius 2 is 2.05 bits per heavy atom. The van der Waals surface area contributed by atoms with E-state index in [0.717, 1.165) is 0 Å². The number of urea groups is 1. The van der Waals surface area contributed by atoms with E-state index in [1.54, 1.807) is 6.07 Å². The van der Waals surface area contributed by atoms with Crippen molar-refractivity contribution in [3.05, 3.63) is 29.8 Å². The predicted octanol–water partition coefficient (Wildman–Crippen LogP) is 1.76. The second kappa shape index (κ2) is 7.72. The number of benzene rings is 1. The number of nitrogens with one attached hydrogen (secondary N) is 1. The molecule has 1 aromatic rings. The van der Waals surface area contributed by atoms with Crippen molar-refractivity contribution in [3.63, 3.8) is 0 Å². The third-order valence-electron chi connectivity index (χ3n) is 2.65. The summed E-state index contributed by atoms with van der Waals surface area (Å²) in [6.45, 7) is 0.179.